The van der Waals surface area contributed by atoms with Crippen LogP contribution in [0.1, 0.15) is 415 Å². The van der Waals surface area contributed by atoms with Crippen molar-refractivity contribution >= 4 is 39.5 Å². The smallest absolute Gasteiger partial charge is 0.462 e. The van der Waals surface area contributed by atoms with E-state index in [2.05, 4.69) is 55.4 Å². The summed E-state index contributed by atoms with van der Waals surface area (Å²) in [6, 6.07) is 0. The van der Waals surface area contributed by atoms with Crippen molar-refractivity contribution in [2.75, 3.05) is 39.6 Å². The van der Waals surface area contributed by atoms with Gasteiger partial charge in [0.1, 0.15) is 19.3 Å². The lowest BCUT2D eigenvalue weighted by Gasteiger charge is -2.21. The van der Waals surface area contributed by atoms with Crippen LogP contribution in [0.5, 0.6) is 0 Å². The van der Waals surface area contributed by atoms with Gasteiger partial charge in [-0.2, -0.15) is 0 Å². The van der Waals surface area contributed by atoms with E-state index >= 15 is 0 Å². The second-order valence-corrected chi connectivity index (χ2v) is 33.0. The number of carbonyl (C=O) groups is 4. The van der Waals surface area contributed by atoms with E-state index in [-0.39, 0.29) is 25.7 Å². The van der Waals surface area contributed by atoms with E-state index in [0.717, 1.165) is 126 Å². The standard InChI is InChI=1S/C81H158O17P2/c1-9-71(5)57-49-41-33-29-25-21-17-15-13-14-16-18-23-27-31-35-47-55-63-80(85)97-76(67-91-78(83)61-53-45-39-37-43-51-59-73(7)11-3)69-95-99(87,88)93-65-75(82)66-94-100(89,90)96-70-77(68-92-79(84)62-54-46-40-38-44-52-60-74(8)12-4)98-81(86)64-56-48-36-32-28-24-20-19-22-26-30-34-42-50-58-72(6)10-2/h71-77,82H,9-70H2,1-8H3,(H,87,88)(H,89,90)/t71?,72?,73?,74?,75-,76+,77+/m0/s1. The average molecular weight is 1470 g/mol. The molecule has 0 saturated heterocycles. The summed E-state index contributed by atoms with van der Waals surface area (Å²) in [7, 11) is -9.92. The van der Waals surface area contributed by atoms with Crippen molar-refractivity contribution in [2.24, 2.45) is 23.7 Å². The minimum Gasteiger partial charge on any atom is -0.462 e. The van der Waals surface area contributed by atoms with Crippen molar-refractivity contribution in [3.8, 4) is 0 Å². The van der Waals surface area contributed by atoms with Crippen molar-refractivity contribution in [1.82, 2.24) is 0 Å². The summed E-state index contributed by atoms with van der Waals surface area (Å²) in [6.07, 6.45) is 57.0. The Morgan fingerprint density at radius 1 is 0.270 bits per heavy atom. The number of ether oxygens (including phenoxy) is 4. The van der Waals surface area contributed by atoms with Crippen molar-refractivity contribution in [3.05, 3.63) is 0 Å². The highest BCUT2D eigenvalue weighted by molar-refractivity contribution is 7.47. The van der Waals surface area contributed by atoms with Gasteiger partial charge in [0, 0.05) is 25.7 Å². The van der Waals surface area contributed by atoms with Crippen LogP contribution in [0.4, 0.5) is 0 Å². The molecule has 0 aliphatic carbocycles. The lowest BCUT2D eigenvalue weighted by atomic mass is 9.99. The zero-order valence-corrected chi connectivity index (χ0v) is 67.6. The Morgan fingerprint density at radius 2 is 0.450 bits per heavy atom. The van der Waals surface area contributed by atoms with Crippen LogP contribution in [-0.4, -0.2) is 96.7 Å². The highest BCUT2D eigenvalue weighted by Gasteiger charge is 2.30. The van der Waals surface area contributed by atoms with E-state index < -0.39 is 97.5 Å². The molecular weight excluding hydrogens is 1310 g/mol. The Hall–Kier alpha value is -1.94. The molecule has 0 saturated carbocycles. The van der Waals surface area contributed by atoms with Gasteiger partial charge in [-0.25, -0.2) is 9.13 Å². The highest BCUT2D eigenvalue weighted by atomic mass is 31.2. The van der Waals surface area contributed by atoms with Crippen LogP contribution in [0.15, 0.2) is 0 Å². The summed E-state index contributed by atoms with van der Waals surface area (Å²) in [5, 5.41) is 10.6. The number of carbonyl (C=O) groups excluding carboxylic acids is 4. The normalized spacial score (nSPS) is 15.1. The lowest BCUT2D eigenvalue weighted by molar-refractivity contribution is -0.161. The number of phosphoric acid groups is 2. The van der Waals surface area contributed by atoms with Gasteiger partial charge in [-0.3, -0.25) is 37.3 Å². The van der Waals surface area contributed by atoms with Gasteiger partial charge in [0.25, 0.3) is 0 Å². The van der Waals surface area contributed by atoms with Gasteiger partial charge >= 0.3 is 39.5 Å². The molecule has 0 radical (unpaired) electrons. The van der Waals surface area contributed by atoms with Gasteiger partial charge in [-0.05, 0) is 49.4 Å². The van der Waals surface area contributed by atoms with Crippen LogP contribution in [0.3, 0.4) is 0 Å². The summed E-state index contributed by atoms with van der Waals surface area (Å²) in [5.41, 5.74) is 0. The van der Waals surface area contributed by atoms with E-state index in [1.54, 1.807) is 0 Å². The Labute approximate surface area is 613 Å². The van der Waals surface area contributed by atoms with Gasteiger partial charge in [-0.1, -0.05) is 364 Å². The van der Waals surface area contributed by atoms with Gasteiger partial charge in [0.15, 0.2) is 12.2 Å². The SMILES string of the molecule is CCC(C)CCCCCCCCCCCCCCCCCCCCC(=O)O[C@H](COC(=O)CCCCCCCCC(C)CC)COP(=O)(O)OC[C@H](O)COP(=O)(O)OC[C@@H](COC(=O)CCCCCCCCC(C)CC)OC(=O)CCCCCCCCCCCCCCCCC(C)CC. The minimum atomic E-state index is -4.96. The number of aliphatic hydroxyl groups is 1. The second-order valence-electron chi connectivity index (χ2n) is 30.1. The molecule has 17 nitrogen and oxygen atoms in total. The fourth-order valence-electron chi connectivity index (χ4n) is 12.3. The van der Waals surface area contributed by atoms with Crippen molar-refractivity contribution in [1.29, 1.82) is 0 Å². The first kappa shape index (κ1) is 98.1. The summed E-state index contributed by atoms with van der Waals surface area (Å²) in [5.74, 6) is 1.06. The van der Waals surface area contributed by atoms with Crippen molar-refractivity contribution < 1.29 is 80.2 Å². The molecule has 100 heavy (non-hydrogen) atoms. The zero-order valence-electron chi connectivity index (χ0n) is 65.8. The third-order valence-corrected chi connectivity index (χ3v) is 22.2. The monoisotopic (exact) mass is 1470 g/mol. The van der Waals surface area contributed by atoms with Gasteiger partial charge in [0.05, 0.1) is 26.4 Å². The Bertz CT molecular complexity index is 1960. The summed E-state index contributed by atoms with van der Waals surface area (Å²) in [6.45, 7) is 14.3. The second kappa shape index (κ2) is 70.1. The highest BCUT2D eigenvalue weighted by Crippen LogP contribution is 2.45. The molecule has 9 atom stereocenters. The molecule has 3 N–H and O–H groups in total. The van der Waals surface area contributed by atoms with E-state index in [9.17, 15) is 43.2 Å². The molecule has 0 aliphatic rings. The van der Waals surface area contributed by atoms with Crippen LogP contribution in [0.25, 0.3) is 0 Å². The third kappa shape index (κ3) is 69.1. The van der Waals surface area contributed by atoms with Crippen LogP contribution in [0.2, 0.25) is 0 Å². The van der Waals surface area contributed by atoms with Crippen LogP contribution < -0.4 is 0 Å². The predicted octanol–water partition coefficient (Wildman–Crippen LogP) is 24.0. The van der Waals surface area contributed by atoms with Crippen molar-refractivity contribution in [2.45, 2.75) is 433 Å². The van der Waals surface area contributed by atoms with E-state index in [1.165, 1.54) is 205 Å². The quantitative estimate of drug-likeness (QED) is 0.0222. The summed E-state index contributed by atoms with van der Waals surface area (Å²) < 4.78 is 68.6. The fraction of sp³-hybridized carbons (Fsp3) is 0.951. The topological polar surface area (TPSA) is 237 Å². The summed E-state index contributed by atoms with van der Waals surface area (Å²) >= 11 is 0. The van der Waals surface area contributed by atoms with Gasteiger partial charge in [0.2, 0.25) is 0 Å². The van der Waals surface area contributed by atoms with Crippen LogP contribution >= 0.6 is 15.6 Å². The van der Waals surface area contributed by atoms with E-state index in [0.29, 0.717) is 25.7 Å². The molecule has 0 aromatic carbocycles. The van der Waals surface area contributed by atoms with Crippen LogP contribution in [-0.2, 0) is 65.4 Å². The molecule has 0 aromatic heterocycles. The number of aliphatic hydroxyl groups excluding tert-OH is 1. The first-order valence-corrected chi connectivity index (χ1v) is 44.8. The first-order valence-electron chi connectivity index (χ1n) is 41.9. The average Bonchev–Trinajstić information content (AvgIpc) is 0.913. The van der Waals surface area contributed by atoms with Gasteiger partial charge in [-0.15, -0.1) is 0 Å². The molecule has 6 unspecified atom stereocenters. The zero-order chi connectivity index (χ0) is 73.8. The number of esters is 4. The molecule has 19 heteroatoms. The number of hydrogen-bond acceptors (Lipinski definition) is 15. The molecular formula is C81H158O17P2. The number of hydrogen-bond donors (Lipinski definition) is 3. The third-order valence-electron chi connectivity index (χ3n) is 20.3. The molecule has 594 valence electrons. The molecule has 0 rings (SSSR count). The van der Waals surface area contributed by atoms with Gasteiger partial charge < -0.3 is 33.8 Å². The predicted molar refractivity (Wildman–Crippen MR) is 409 cm³/mol. The summed E-state index contributed by atoms with van der Waals surface area (Å²) in [4.78, 5) is 72.9. The molecule has 0 bridgehead atoms. The van der Waals surface area contributed by atoms with Crippen molar-refractivity contribution in [3.63, 3.8) is 0 Å². The van der Waals surface area contributed by atoms with E-state index in [4.69, 9.17) is 37.0 Å². The number of phosphoric ester groups is 2. The Balaban J connectivity index is 5.17. The molecule has 0 aromatic rings. The molecule has 0 spiro atoms. The van der Waals surface area contributed by atoms with E-state index in [1.807, 2.05) is 0 Å². The maximum atomic E-state index is 13.1. The Morgan fingerprint density at radius 3 is 0.660 bits per heavy atom. The minimum absolute atomic E-state index is 0.106. The molecule has 0 aliphatic heterocycles. The first-order chi connectivity index (χ1) is 48.2. The lowest BCUT2D eigenvalue weighted by Crippen LogP contribution is -2.30. The maximum Gasteiger partial charge on any atom is 0.472 e. The maximum absolute atomic E-state index is 13.1. The van der Waals surface area contributed by atoms with Crippen LogP contribution in [0, 0.1) is 23.7 Å². The number of rotatable bonds is 78. The molecule has 0 heterocycles. The fourth-order valence-corrected chi connectivity index (χ4v) is 13.9. The Kier molecular flexibility index (Phi) is 68.7. The largest absolute Gasteiger partial charge is 0.472 e. The number of unbranched alkanes of at least 4 members (excludes halogenated alkanes) is 40. The molecule has 0 fully saturated rings. The molecule has 0 amide bonds.